The first-order valence-corrected chi connectivity index (χ1v) is 4.66. The van der Waals surface area contributed by atoms with E-state index in [1.165, 1.54) is 38.2 Å². The molecule has 1 heteroatoms. The van der Waals surface area contributed by atoms with Gasteiger partial charge in [0.2, 0.25) is 0 Å². The highest BCUT2D eigenvalue weighted by Gasteiger charge is 2.08. The fourth-order valence-electron chi connectivity index (χ4n) is 1.65. The molecule has 0 N–H and O–H groups in total. The highest BCUT2D eigenvalue weighted by atomic mass is 14.2. The zero-order chi connectivity index (χ0) is 8.65. The minimum absolute atomic E-state index is 0.766. The molecule has 1 fully saturated rings. The van der Waals surface area contributed by atoms with Crippen LogP contribution in [-0.4, -0.2) is 0 Å². The molecule has 1 saturated carbocycles. The highest BCUT2D eigenvalue weighted by molar-refractivity contribution is 5.12. The maximum Gasteiger partial charge on any atom is 0.0912 e. The number of nitriles is 1. The molecule has 1 rings (SSSR count). The van der Waals surface area contributed by atoms with Crippen LogP contribution in [0.5, 0.6) is 0 Å². The third kappa shape index (κ3) is 3.39. The van der Waals surface area contributed by atoms with E-state index in [0.717, 1.165) is 5.92 Å². The first-order valence-electron chi connectivity index (χ1n) is 4.66. The van der Waals surface area contributed by atoms with Crippen molar-refractivity contribution in [2.75, 3.05) is 0 Å². The van der Waals surface area contributed by atoms with Crippen molar-refractivity contribution in [3.63, 3.8) is 0 Å². The summed E-state index contributed by atoms with van der Waals surface area (Å²) in [5, 5.41) is 8.23. The molecular weight excluding hydrogens is 146 g/mol. The Hall–Kier alpha value is -1.03. The number of nitrogens with zero attached hydrogens (tertiary/aromatic N) is 1. The van der Waals surface area contributed by atoms with Crippen LogP contribution >= 0.6 is 0 Å². The van der Waals surface area contributed by atoms with Crippen LogP contribution in [0.25, 0.3) is 0 Å². The van der Waals surface area contributed by atoms with Gasteiger partial charge in [0.25, 0.3) is 0 Å². The molecule has 0 aromatic rings. The van der Waals surface area contributed by atoms with E-state index in [-0.39, 0.29) is 0 Å². The Morgan fingerprint density at radius 3 is 2.50 bits per heavy atom. The van der Waals surface area contributed by atoms with E-state index in [9.17, 15) is 0 Å². The van der Waals surface area contributed by atoms with Gasteiger partial charge in [-0.15, -0.1) is 0 Å². The normalized spacial score (nSPS) is 20.2. The van der Waals surface area contributed by atoms with Crippen LogP contribution in [-0.2, 0) is 0 Å². The molecule has 0 amide bonds. The van der Waals surface area contributed by atoms with Crippen LogP contribution in [0.2, 0.25) is 0 Å². The zero-order valence-electron chi connectivity index (χ0n) is 7.37. The smallest absolute Gasteiger partial charge is 0.0912 e. The van der Waals surface area contributed by atoms with Crippen molar-refractivity contribution in [1.29, 1.82) is 5.26 Å². The summed E-state index contributed by atoms with van der Waals surface area (Å²) in [5.74, 6) is 0.766. The molecule has 1 aliphatic rings. The molecular formula is C11H15N. The fourth-order valence-corrected chi connectivity index (χ4v) is 1.65. The van der Waals surface area contributed by atoms with Gasteiger partial charge in [-0.2, -0.15) is 5.26 Å². The lowest BCUT2D eigenvalue weighted by molar-refractivity contribution is 0.419. The van der Waals surface area contributed by atoms with Crippen molar-refractivity contribution >= 4 is 0 Å². The molecule has 0 aromatic carbocycles. The predicted octanol–water partition coefficient (Wildman–Crippen LogP) is 3.20. The number of allylic oxidation sites excluding steroid dienone is 4. The summed E-state index contributed by atoms with van der Waals surface area (Å²) >= 11 is 0. The lowest BCUT2D eigenvalue weighted by Gasteiger charge is -2.17. The average molecular weight is 161 g/mol. The van der Waals surface area contributed by atoms with E-state index in [1.54, 1.807) is 0 Å². The molecule has 0 aromatic heterocycles. The Labute approximate surface area is 74.4 Å². The van der Waals surface area contributed by atoms with Gasteiger partial charge in [-0.1, -0.05) is 37.5 Å². The topological polar surface area (TPSA) is 23.8 Å². The van der Waals surface area contributed by atoms with E-state index in [1.807, 2.05) is 18.2 Å². The SMILES string of the molecule is N#CC=C/C=C/C1CCCCC1. The van der Waals surface area contributed by atoms with Gasteiger partial charge in [0.15, 0.2) is 0 Å². The standard InChI is InChI=1S/C11H15N/c12-10-6-2-5-9-11-7-3-1-4-8-11/h2,5-6,9,11H,1,3-4,7-8H2/b6-2?,9-5+. The zero-order valence-corrected chi connectivity index (χ0v) is 7.37. The van der Waals surface area contributed by atoms with Gasteiger partial charge in [-0.3, -0.25) is 0 Å². The van der Waals surface area contributed by atoms with E-state index < -0.39 is 0 Å². The lowest BCUT2D eigenvalue weighted by atomic mass is 9.89. The summed E-state index contributed by atoms with van der Waals surface area (Å²) in [6.45, 7) is 0. The van der Waals surface area contributed by atoms with Gasteiger partial charge in [0.1, 0.15) is 0 Å². The summed E-state index contributed by atoms with van der Waals surface area (Å²) in [4.78, 5) is 0. The van der Waals surface area contributed by atoms with Gasteiger partial charge in [-0.05, 0) is 18.8 Å². The summed E-state index contributed by atoms with van der Waals surface area (Å²) in [5.41, 5.74) is 0. The number of hydrogen-bond acceptors (Lipinski definition) is 1. The van der Waals surface area contributed by atoms with Crippen molar-refractivity contribution in [2.24, 2.45) is 5.92 Å². The second-order valence-corrected chi connectivity index (χ2v) is 3.27. The van der Waals surface area contributed by atoms with Crippen molar-refractivity contribution in [2.45, 2.75) is 32.1 Å². The quantitative estimate of drug-likeness (QED) is 0.450. The highest BCUT2D eigenvalue weighted by Crippen LogP contribution is 2.24. The van der Waals surface area contributed by atoms with Gasteiger partial charge < -0.3 is 0 Å². The van der Waals surface area contributed by atoms with Crippen molar-refractivity contribution in [1.82, 2.24) is 0 Å². The first kappa shape index (κ1) is 9.06. The first-order chi connectivity index (χ1) is 5.93. The van der Waals surface area contributed by atoms with E-state index in [0.29, 0.717) is 0 Å². The molecule has 0 radical (unpaired) electrons. The summed E-state index contributed by atoms with van der Waals surface area (Å²) in [6.07, 6.45) is 14.4. The minimum Gasteiger partial charge on any atom is -0.193 e. The van der Waals surface area contributed by atoms with Crippen molar-refractivity contribution < 1.29 is 0 Å². The molecule has 64 valence electrons. The molecule has 0 saturated heterocycles. The van der Waals surface area contributed by atoms with Crippen LogP contribution in [0, 0.1) is 17.2 Å². The van der Waals surface area contributed by atoms with Crippen molar-refractivity contribution in [3.8, 4) is 6.07 Å². The van der Waals surface area contributed by atoms with Gasteiger partial charge >= 0.3 is 0 Å². The number of rotatable bonds is 2. The van der Waals surface area contributed by atoms with Gasteiger partial charge in [0, 0.05) is 6.08 Å². The molecule has 1 aliphatic carbocycles. The van der Waals surface area contributed by atoms with E-state index in [4.69, 9.17) is 5.26 Å². The molecule has 0 spiro atoms. The summed E-state index contributed by atoms with van der Waals surface area (Å²) in [7, 11) is 0. The van der Waals surface area contributed by atoms with Crippen LogP contribution in [0.3, 0.4) is 0 Å². The molecule has 0 unspecified atom stereocenters. The third-order valence-electron chi connectivity index (χ3n) is 2.31. The Morgan fingerprint density at radius 1 is 1.08 bits per heavy atom. The second-order valence-electron chi connectivity index (χ2n) is 3.27. The van der Waals surface area contributed by atoms with Gasteiger partial charge in [-0.25, -0.2) is 0 Å². The molecule has 0 bridgehead atoms. The van der Waals surface area contributed by atoms with Crippen LogP contribution in [0.1, 0.15) is 32.1 Å². The molecule has 12 heavy (non-hydrogen) atoms. The predicted molar refractivity (Wildman–Crippen MR) is 50.5 cm³/mol. The Kier molecular flexibility index (Phi) is 4.23. The minimum atomic E-state index is 0.766. The molecule has 0 atom stereocenters. The summed E-state index contributed by atoms with van der Waals surface area (Å²) < 4.78 is 0. The van der Waals surface area contributed by atoms with E-state index >= 15 is 0 Å². The second kappa shape index (κ2) is 5.60. The maximum absolute atomic E-state index is 8.23. The Bertz CT molecular complexity index is 202. The average Bonchev–Trinajstić information content (AvgIpc) is 2.14. The molecule has 1 nitrogen and oxygen atoms in total. The van der Waals surface area contributed by atoms with Crippen molar-refractivity contribution in [3.05, 3.63) is 24.3 Å². The third-order valence-corrected chi connectivity index (χ3v) is 2.31. The monoisotopic (exact) mass is 161 g/mol. The van der Waals surface area contributed by atoms with Crippen LogP contribution in [0.15, 0.2) is 24.3 Å². The fraction of sp³-hybridized carbons (Fsp3) is 0.545. The molecule has 0 aliphatic heterocycles. The van der Waals surface area contributed by atoms with Crippen LogP contribution in [0.4, 0.5) is 0 Å². The van der Waals surface area contributed by atoms with E-state index in [2.05, 4.69) is 6.08 Å². The van der Waals surface area contributed by atoms with Crippen LogP contribution < -0.4 is 0 Å². The largest absolute Gasteiger partial charge is 0.193 e. The number of hydrogen-bond donors (Lipinski definition) is 0. The summed E-state index contributed by atoms with van der Waals surface area (Å²) in [6, 6.07) is 1.97. The maximum atomic E-state index is 8.23. The Morgan fingerprint density at radius 2 is 1.83 bits per heavy atom. The molecule has 0 heterocycles. The Balaban J connectivity index is 2.25. The lowest BCUT2D eigenvalue weighted by Crippen LogP contribution is -2.02. The van der Waals surface area contributed by atoms with Gasteiger partial charge in [0.05, 0.1) is 6.07 Å².